The molecule has 4 aromatic rings. The Morgan fingerprint density at radius 2 is 1.81 bits per heavy atom. The lowest BCUT2D eigenvalue weighted by Gasteiger charge is -1.95. The van der Waals surface area contributed by atoms with Crippen molar-refractivity contribution in [1.82, 2.24) is 4.98 Å². The highest BCUT2D eigenvalue weighted by Crippen LogP contribution is 2.34. The summed E-state index contributed by atoms with van der Waals surface area (Å²) in [6, 6.07) is 14.5. The fourth-order valence-corrected chi connectivity index (χ4v) is 3.46. The highest BCUT2D eigenvalue weighted by Gasteiger charge is 2.10. The van der Waals surface area contributed by atoms with Crippen molar-refractivity contribution in [3.05, 3.63) is 64.0 Å². The van der Waals surface area contributed by atoms with Crippen LogP contribution in [0.2, 0.25) is 5.02 Å². The van der Waals surface area contributed by atoms with E-state index in [4.69, 9.17) is 16.0 Å². The summed E-state index contributed by atoms with van der Waals surface area (Å²) in [6.07, 6.45) is 0. The lowest BCUT2D eigenvalue weighted by atomic mass is 10.2. The number of halogens is 1. The molecule has 3 nitrogen and oxygen atoms in total. The van der Waals surface area contributed by atoms with E-state index in [9.17, 15) is 4.79 Å². The van der Waals surface area contributed by atoms with E-state index in [2.05, 4.69) is 4.98 Å². The second kappa shape index (κ2) is 4.69. The van der Waals surface area contributed by atoms with Crippen molar-refractivity contribution in [1.29, 1.82) is 0 Å². The first-order valence-corrected chi connectivity index (χ1v) is 7.49. The number of benzene rings is 2. The number of nitrogens with zero attached hydrogens (tertiary/aromatic N) is 1. The molecule has 4 rings (SSSR count). The quantitative estimate of drug-likeness (QED) is 0.477. The minimum absolute atomic E-state index is 0.343. The Morgan fingerprint density at radius 1 is 1.00 bits per heavy atom. The van der Waals surface area contributed by atoms with Crippen LogP contribution in [0, 0.1) is 0 Å². The lowest BCUT2D eigenvalue weighted by Crippen LogP contribution is -1.93. The van der Waals surface area contributed by atoms with Gasteiger partial charge < -0.3 is 4.42 Å². The zero-order valence-electron chi connectivity index (χ0n) is 10.7. The number of thiazole rings is 1. The van der Waals surface area contributed by atoms with Crippen molar-refractivity contribution >= 4 is 44.1 Å². The number of aromatic nitrogens is 1. The lowest BCUT2D eigenvalue weighted by molar-refractivity contribution is 0.561. The molecule has 0 fully saturated rings. The second-order valence-corrected chi connectivity index (χ2v) is 6.04. The van der Waals surface area contributed by atoms with Crippen LogP contribution in [0.4, 0.5) is 0 Å². The molecule has 0 aliphatic heterocycles. The third-order valence-electron chi connectivity index (χ3n) is 3.24. The molecule has 0 spiro atoms. The Labute approximate surface area is 128 Å². The second-order valence-electron chi connectivity index (χ2n) is 4.61. The number of hydrogen-bond acceptors (Lipinski definition) is 4. The highest BCUT2D eigenvalue weighted by atomic mass is 35.5. The Morgan fingerprint density at radius 3 is 2.62 bits per heavy atom. The van der Waals surface area contributed by atoms with E-state index in [1.807, 2.05) is 30.3 Å². The zero-order valence-corrected chi connectivity index (χ0v) is 12.2. The molecule has 0 aliphatic carbocycles. The number of rotatable bonds is 1. The normalized spacial score (nSPS) is 11.3. The van der Waals surface area contributed by atoms with Gasteiger partial charge >= 0.3 is 5.63 Å². The first-order chi connectivity index (χ1) is 10.2. The van der Waals surface area contributed by atoms with Crippen LogP contribution in [0.3, 0.4) is 0 Å². The minimum atomic E-state index is -0.343. The van der Waals surface area contributed by atoms with E-state index in [-0.39, 0.29) is 5.63 Å². The molecule has 2 aromatic carbocycles. The van der Waals surface area contributed by atoms with Crippen LogP contribution < -0.4 is 5.63 Å². The van der Waals surface area contributed by atoms with Gasteiger partial charge in [-0.15, -0.1) is 11.3 Å². The molecule has 5 heteroatoms. The minimum Gasteiger partial charge on any atom is -0.423 e. The van der Waals surface area contributed by atoms with E-state index in [1.54, 1.807) is 23.5 Å². The standard InChI is InChI=1S/C16H8ClNO2S/c17-10-3-1-9(2-4-10)16-18-12-6-7-13-11(15(12)21-16)5-8-14(19)20-13/h1-8H. The largest absolute Gasteiger partial charge is 0.423 e. The van der Waals surface area contributed by atoms with E-state index < -0.39 is 0 Å². The zero-order chi connectivity index (χ0) is 14.4. The van der Waals surface area contributed by atoms with Gasteiger partial charge in [0, 0.05) is 22.0 Å². The fourth-order valence-electron chi connectivity index (χ4n) is 2.25. The molecule has 2 heterocycles. The predicted molar refractivity (Wildman–Crippen MR) is 86.1 cm³/mol. The summed E-state index contributed by atoms with van der Waals surface area (Å²) in [5.41, 5.74) is 2.16. The van der Waals surface area contributed by atoms with Gasteiger partial charge in [0.2, 0.25) is 0 Å². The molecule has 0 saturated carbocycles. The molecule has 0 atom stereocenters. The molecule has 0 amide bonds. The molecule has 0 unspecified atom stereocenters. The molecule has 0 radical (unpaired) electrons. The van der Waals surface area contributed by atoms with Crippen LogP contribution >= 0.6 is 22.9 Å². The van der Waals surface area contributed by atoms with Gasteiger partial charge in [0.15, 0.2) is 0 Å². The Hall–Kier alpha value is -2.17. The third kappa shape index (κ3) is 2.13. The predicted octanol–water partition coefficient (Wildman–Crippen LogP) is 4.72. The molecular weight excluding hydrogens is 306 g/mol. The summed E-state index contributed by atoms with van der Waals surface area (Å²) in [7, 11) is 0. The summed E-state index contributed by atoms with van der Waals surface area (Å²) in [5.74, 6) is 0. The molecule has 2 aromatic heterocycles. The van der Waals surface area contributed by atoms with E-state index >= 15 is 0 Å². The topological polar surface area (TPSA) is 43.1 Å². The van der Waals surface area contributed by atoms with Gasteiger partial charge in [-0.1, -0.05) is 23.7 Å². The summed E-state index contributed by atoms with van der Waals surface area (Å²) >= 11 is 7.49. The summed E-state index contributed by atoms with van der Waals surface area (Å²) < 4.78 is 6.22. The molecule has 102 valence electrons. The van der Waals surface area contributed by atoms with Crippen molar-refractivity contribution in [3.63, 3.8) is 0 Å². The monoisotopic (exact) mass is 313 g/mol. The van der Waals surface area contributed by atoms with Crippen LogP contribution in [0.1, 0.15) is 0 Å². The average molecular weight is 314 g/mol. The number of fused-ring (bicyclic) bond motifs is 3. The van der Waals surface area contributed by atoms with Gasteiger partial charge in [0.25, 0.3) is 0 Å². The van der Waals surface area contributed by atoms with Gasteiger partial charge in [0.1, 0.15) is 10.6 Å². The van der Waals surface area contributed by atoms with E-state index in [1.165, 1.54) is 6.07 Å². The smallest absolute Gasteiger partial charge is 0.336 e. The van der Waals surface area contributed by atoms with Crippen LogP contribution in [0.5, 0.6) is 0 Å². The highest BCUT2D eigenvalue weighted by molar-refractivity contribution is 7.22. The maximum Gasteiger partial charge on any atom is 0.336 e. The van der Waals surface area contributed by atoms with Crippen molar-refractivity contribution in [2.75, 3.05) is 0 Å². The van der Waals surface area contributed by atoms with Crippen molar-refractivity contribution < 1.29 is 4.42 Å². The van der Waals surface area contributed by atoms with Gasteiger partial charge in [-0.3, -0.25) is 0 Å². The van der Waals surface area contributed by atoms with Gasteiger partial charge in [-0.25, -0.2) is 9.78 Å². The van der Waals surface area contributed by atoms with Crippen LogP contribution in [-0.2, 0) is 0 Å². The summed E-state index contributed by atoms with van der Waals surface area (Å²) in [6.45, 7) is 0. The van der Waals surface area contributed by atoms with Crippen molar-refractivity contribution in [2.45, 2.75) is 0 Å². The van der Waals surface area contributed by atoms with Gasteiger partial charge in [-0.05, 0) is 30.3 Å². The summed E-state index contributed by atoms with van der Waals surface area (Å²) in [5, 5.41) is 2.53. The van der Waals surface area contributed by atoms with Crippen molar-refractivity contribution in [3.8, 4) is 10.6 Å². The Kier molecular flexibility index (Phi) is 2.80. The molecule has 0 aliphatic rings. The van der Waals surface area contributed by atoms with E-state index in [0.29, 0.717) is 10.6 Å². The van der Waals surface area contributed by atoms with E-state index in [0.717, 1.165) is 26.2 Å². The van der Waals surface area contributed by atoms with Crippen LogP contribution in [0.15, 0.2) is 57.7 Å². The first kappa shape index (κ1) is 12.6. The molecule has 21 heavy (non-hydrogen) atoms. The van der Waals surface area contributed by atoms with Gasteiger partial charge in [0.05, 0.1) is 10.2 Å². The SMILES string of the molecule is O=c1ccc2c(ccc3nc(-c4ccc(Cl)cc4)sc32)o1. The summed E-state index contributed by atoms with van der Waals surface area (Å²) in [4.78, 5) is 15.9. The van der Waals surface area contributed by atoms with Crippen LogP contribution in [0.25, 0.3) is 31.8 Å². The maximum absolute atomic E-state index is 11.3. The maximum atomic E-state index is 11.3. The molecular formula is C16H8ClNO2S. The van der Waals surface area contributed by atoms with Crippen molar-refractivity contribution in [2.24, 2.45) is 0 Å². The fraction of sp³-hybridized carbons (Fsp3) is 0. The van der Waals surface area contributed by atoms with Gasteiger partial charge in [-0.2, -0.15) is 0 Å². The Balaban J connectivity index is 1.99. The molecule has 0 N–H and O–H groups in total. The molecule has 0 saturated heterocycles. The number of hydrogen-bond donors (Lipinski definition) is 0. The Bertz CT molecular complexity index is 1020. The average Bonchev–Trinajstić information content (AvgIpc) is 2.92. The first-order valence-electron chi connectivity index (χ1n) is 6.30. The molecule has 0 bridgehead atoms. The third-order valence-corrected chi connectivity index (χ3v) is 4.65. The van der Waals surface area contributed by atoms with Crippen LogP contribution in [-0.4, -0.2) is 4.98 Å².